The van der Waals surface area contributed by atoms with Gasteiger partial charge in [0.25, 0.3) is 5.56 Å². The molecular formula is C26H31N5O. The van der Waals surface area contributed by atoms with Crippen molar-refractivity contribution < 1.29 is 0 Å². The Morgan fingerprint density at radius 3 is 2.06 bits per heavy atom. The van der Waals surface area contributed by atoms with Gasteiger partial charge in [-0.2, -0.15) is 5.10 Å². The number of piperazine rings is 1. The number of rotatable bonds is 5. The van der Waals surface area contributed by atoms with Crippen molar-refractivity contribution in [2.24, 2.45) is 0 Å². The first-order chi connectivity index (χ1) is 15.8. The Bertz CT molecular complexity index is 1050. The highest BCUT2D eigenvalue weighted by Crippen LogP contribution is 2.23. The molecule has 32 heavy (non-hydrogen) atoms. The first-order valence-electron chi connectivity index (χ1n) is 11.7. The molecule has 0 saturated carbocycles. The topological polar surface area (TPSA) is 44.6 Å². The summed E-state index contributed by atoms with van der Waals surface area (Å²) in [4.78, 5) is 20.4. The van der Waals surface area contributed by atoms with Crippen molar-refractivity contribution in [2.75, 3.05) is 49.1 Å². The lowest BCUT2D eigenvalue weighted by atomic mass is 10.0. The molecule has 0 N–H and O–H groups in total. The fraction of sp³-hybridized carbons (Fsp3) is 0.385. The second-order valence-electron chi connectivity index (χ2n) is 8.77. The van der Waals surface area contributed by atoms with Crippen LogP contribution in [-0.4, -0.2) is 53.9 Å². The van der Waals surface area contributed by atoms with Crippen molar-refractivity contribution in [3.05, 3.63) is 88.8 Å². The highest BCUT2D eigenvalue weighted by Gasteiger charge is 2.25. The van der Waals surface area contributed by atoms with E-state index in [1.807, 2.05) is 12.1 Å². The van der Waals surface area contributed by atoms with Crippen LogP contribution in [0.25, 0.3) is 0 Å². The molecule has 0 atom stereocenters. The maximum Gasteiger partial charge on any atom is 0.290 e. The lowest BCUT2D eigenvalue weighted by molar-refractivity contribution is 0.170. The summed E-state index contributed by atoms with van der Waals surface area (Å²) in [5, 5.41) is 4.48. The third-order valence-electron chi connectivity index (χ3n) is 6.74. The summed E-state index contributed by atoms with van der Waals surface area (Å²) < 4.78 is 1.75. The number of likely N-dealkylation sites (tertiary alicyclic amines) is 1. The van der Waals surface area contributed by atoms with Crippen molar-refractivity contribution in [3.8, 4) is 0 Å². The molecule has 5 rings (SSSR count). The molecular weight excluding hydrogens is 398 g/mol. The summed E-state index contributed by atoms with van der Waals surface area (Å²) in [6, 6.07) is 23.2. The van der Waals surface area contributed by atoms with Gasteiger partial charge in [-0.1, -0.05) is 48.5 Å². The number of nitrogens with zero attached hydrogens (tertiary/aromatic N) is 5. The van der Waals surface area contributed by atoms with Gasteiger partial charge in [-0.15, -0.1) is 0 Å². The van der Waals surface area contributed by atoms with Gasteiger partial charge in [0.2, 0.25) is 0 Å². The van der Waals surface area contributed by atoms with E-state index >= 15 is 0 Å². The Kier molecular flexibility index (Phi) is 6.21. The molecule has 2 saturated heterocycles. The van der Waals surface area contributed by atoms with E-state index in [1.54, 1.807) is 10.9 Å². The smallest absolute Gasteiger partial charge is 0.290 e. The minimum absolute atomic E-state index is 0.0576. The molecule has 2 aliphatic heterocycles. The Morgan fingerprint density at radius 2 is 1.38 bits per heavy atom. The Hall–Kier alpha value is -3.12. The largest absolute Gasteiger partial charge is 0.368 e. The maximum atomic E-state index is 13.3. The molecule has 2 fully saturated rings. The zero-order valence-electron chi connectivity index (χ0n) is 18.5. The predicted octanol–water partition coefficient (Wildman–Crippen LogP) is 3.41. The first kappa shape index (κ1) is 20.8. The summed E-state index contributed by atoms with van der Waals surface area (Å²) >= 11 is 0. The number of benzene rings is 2. The molecule has 6 heteroatoms. The van der Waals surface area contributed by atoms with Gasteiger partial charge in [-0.25, -0.2) is 4.68 Å². The monoisotopic (exact) mass is 429 g/mol. The van der Waals surface area contributed by atoms with Gasteiger partial charge in [0, 0.05) is 57.7 Å². The van der Waals surface area contributed by atoms with E-state index in [9.17, 15) is 4.79 Å². The van der Waals surface area contributed by atoms with Crippen LogP contribution >= 0.6 is 0 Å². The molecule has 2 aromatic carbocycles. The minimum atomic E-state index is 0.0576. The highest BCUT2D eigenvalue weighted by atomic mass is 16.1. The summed E-state index contributed by atoms with van der Waals surface area (Å²) in [5.41, 5.74) is 3.45. The predicted molar refractivity (Wildman–Crippen MR) is 129 cm³/mol. The molecule has 0 bridgehead atoms. The number of hydrogen-bond donors (Lipinski definition) is 0. The fourth-order valence-corrected chi connectivity index (χ4v) is 4.93. The number of para-hydroxylation sites is 1. The third kappa shape index (κ3) is 4.55. The van der Waals surface area contributed by atoms with Crippen LogP contribution in [0.4, 0.5) is 11.4 Å². The van der Waals surface area contributed by atoms with Gasteiger partial charge in [0.05, 0.1) is 6.04 Å². The molecule has 0 spiro atoms. The average Bonchev–Trinajstić information content (AvgIpc) is 2.86. The lowest BCUT2D eigenvalue weighted by Gasteiger charge is -2.37. The third-order valence-corrected chi connectivity index (χ3v) is 6.74. The van der Waals surface area contributed by atoms with Gasteiger partial charge in [0.1, 0.15) is 5.69 Å². The van der Waals surface area contributed by atoms with Crippen LogP contribution < -0.4 is 15.4 Å². The van der Waals surface area contributed by atoms with E-state index in [4.69, 9.17) is 0 Å². The number of anilines is 2. The molecule has 166 valence electrons. The van der Waals surface area contributed by atoms with E-state index in [0.29, 0.717) is 0 Å². The van der Waals surface area contributed by atoms with E-state index in [-0.39, 0.29) is 11.6 Å². The second-order valence-corrected chi connectivity index (χ2v) is 8.77. The minimum Gasteiger partial charge on any atom is -0.368 e. The maximum absolute atomic E-state index is 13.3. The van der Waals surface area contributed by atoms with Gasteiger partial charge < -0.3 is 9.80 Å². The lowest BCUT2D eigenvalue weighted by Crippen LogP contribution is -2.49. The van der Waals surface area contributed by atoms with Crippen molar-refractivity contribution in [2.45, 2.75) is 25.4 Å². The molecule has 1 aromatic heterocycles. The number of piperidine rings is 1. The van der Waals surface area contributed by atoms with Gasteiger partial charge in [-0.3, -0.25) is 9.69 Å². The standard InChI is InChI=1S/C26H31N5O/c32-26-25(30-19-17-29(18-20-30)23-9-5-2-6-10-23)11-14-27-31(26)24-12-15-28(16-13-24)21-22-7-3-1-4-8-22/h1-11,14,24H,12-13,15-21H2. The summed E-state index contributed by atoms with van der Waals surface area (Å²) in [6.07, 6.45) is 3.73. The van der Waals surface area contributed by atoms with Crippen LogP contribution in [0.5, 0.6) is 0 Å². The van der Waals surface area contributed by atoms with Crippen molar-refractivity contribution in [1.29, 1.82) is 0 Å². The van der Waals surface area contributed by atoms with Crippen LogP contribution in [0.3, 0.4) is 0 Å². The van der Waals surface area contributed by atoms with Crippen LogP contribution in [0, 0.1) is 0 Å². The quantitative estimate of drug-likeness (QED) is 0.622. The molecule has 3 heterocycles. The molecule has 6 nitrogen and oxygen atoms in total. The number of hydrogen-bond acceptors (Lipinski definition) is 5. The zero-order chi connectivity index (χ0) is 21.8. The second kappa shape index (κ2) is 9.57. The Morgan fingerprint density at radius 1 is 0.750 bits per heavy atom. The van der Waals surface area contributed by atoms with Crippen molar-refractivity contribution in [1.82, 2.24) is 14.7 Å². The van der Waals surface area contributed by atoms with Crippen LogP contribution in [0.15, 0.2) is 77.7 Å². The average molecular weight is 430 g/mol. The molecule has 0 aliphatic carbocycles. The fourth-order valence-electron chi connectivity index (χ4n) is 4.93. The van der Waals surface area contributed by atoms with Crippen LogP contribution in [0.2, 0.25) is 0 Å². The van der Waals surface area contributed by atoms with Gasteiger partial charge in [-0.05, 0) is 36.6 Å². The van der Waals surface area contributed by atoms with Crippen molar-refractivity contribution >= 4 is 11.4 Å². The molecule has 3 aromatic rings. The van der Waals surface area contributed by atoms with E-state index in [1.165, 1.54) is 11.3 Å². The number of aromatic nitrogens is 2. The SMILES string of the molecule is O=c1c(N2CCN(c3ccccc3)CC2)ccnn1C1CCN(Cc2ccccc2)CC1. The van der Waals surface area contributed by atoms with Gasteiger partial charge in [0.15, 0.2) is 0 Å². The molecule has 0 amide bonds. The molecule has 0 unspecified atom stereocenters. The summed E-state index contributed by atoms with van der Waals surface area (Å²) in [7, 11) is 0. The van der Waals surface area contributed by atoms with E-state index in [0.717, 1.165) is 64.3 Å². The van der Waals surface area contributed by atoms with E-state index < -0.39 is 0 Å². The van der Waals surface area contributed by atoms with E-state index in [2.05, 4.69) is 74.4 Å². The highest BCUT2D eigenvalue weighted by molar-refractivity contribution is 5.50. The zero-order valence-corrected chi connectivity index (χ0v) is 18.5. The summed E-state index contributed by atoms with van der Waals surface area (Å²) in [5.74, 6) is 0. The molecule has 0 radical (unpaired) electrons. The Balaban J connectivity index is 1.21. The molecule has 2 aliphatic rings. The van der Waals surface area contributed by atoms with Crippen molar-refractivity contribution in [3.63, 3.8) is 0 Å². The Labute approximate surface area is 189 Å². The van der Waals surface area contributed by atoms with Gasteiger partial charge >= 0.3 is 0 Å². The summed E-state index contributed by atoms with van der Waals surface area (Å²) in [6.45, 7) is 6.50. The first-order valence-corrected chi connectivity index (χ1v) is 11.7. The normalized spacial score (nSPS) is 18.1. The van der Waals surface area contributed by atoms with Crippen LogP contribution in [0.1, 0.15) is 24.4 Å². The van der Waals surface area contributed by atoms with Crippen LogP contribution in [-0.2, 0) is 6.54 Å².